The summed E-state index contributed by atoms with van der Waals surface area (Å²) in [6.07, 6.45) is 0. The molecule has 1 heterocycles. The molecule has 2 N–H and O–H groups in total. The van der Waals surface area contributed by atoms with E-state index < -0.39 is 5.91 Å². The Hall–Kier alpha value is -2.96. The highest BCUT2D eigenvalue weighted by molar-refractivity contribution is 6.31. The van der Waals surface area contributed by atoms with Gasteiger partial charge in [-0.2, -0.15) is 0 Å². The number of carbonyl (C=O) groups is 2. The minimum atomic E-state index is -0.499. The molecule has 0 aliphatic rings. The average molecular weight is 433 g/mol. The van der Waals surface area contributed by atoms with Gasteiger partial charge in [-0.1, -0.05) is 29.3 Å². The fourth-order valence-electron chi connectivity index (χ4n) is 2.45. The second-order valence-corrected chi connectivity index (χ2v) is 7.00. The zero-order valence-electron chi connectivity index (χ0n) is 15.5. The maximum absolute atomic E-state index is 12.2. The number of rotatable bonds is 7. The second kappa shape index (κ2) is 9.49. The first-order valence-corrected chi connectivity index (χ1v) is 9.48. The smallest absolute Gasteiger partial charge is 0.287 e. The first-order valence-electron chi connectivity index (χ1n) is 8.72. The van der Waals surface area contributed by atoms with E-state index in [9.17, 15) is 9.59 Å². The van der Waals surface area contributed by atoms with Crippen LogP contribution in [-0.4, -0.2) is 18.4 Å². The van der Waals surface area contributed by atoms with E-state index in [-0.39, 0.29) is 24.8 Å². The van der Waals surface area contributed by atoms with Crippen molar-refractivity contribution >= 4 is 40.7 Å². The van der Waals surface area contributed by atoms with E-state index in [1.807, 2.05) is 0 Å². The molecule has 6 nitrogen and oxygen atoms in total. The third-order valence-electron chi connectivity index (χ3n) is 4.03. The molecule has 0 aliphatic carbocycles. The number of amides is 2. The average Bonchev–Trinajstić information content (AvgIpc) is 3.18. The van der Waals surface area contributed by atoms with Crippen LogP contribution < -0.4 is 15.4 Å². The number of ether oxygens (including phenoxy) is 1. The van der Waals surface area contributed by atoms with Crippen LogP contribution in [0.3, 0.4) is 0 Å². The summed E-state index contributed by atoms with van der Waals surface area (Å²) in [5.74, 6) is 0.322. The lowest BCUT2D eigenvalue weighted by Crippen LogP contribution is -2.32. The zero-order chi connectivity index (χ0) is 20.8. The minimum absolute atomic E-state index is 0.0893. The van der Waals surface area contributed by atoms with Gasteiger partial charge >= 0.3 is 0 Å². The molecule has 0 atom stereocenters. The molecular weight excluding hydrogens is 415 g/mol. The summed E-state index contributed by atoms with van der Waals surface area (Å²) >= 11 is 11.9. The van der Waals surface area contributed by atoms with E-state index in [0.29, 0.717) is 27.2 Å². The van der Waals surface area contributed by atoms with Crippen molar-refractivity contribution < 1.29 is 18.7 Å². The molecular formula is C21H18Cl2N2O4. The first-order chi connectivity index (χ1) is 13.9. The van der Waals surface area contributed by atoms with Crippen molar-refractivity contribution in [2.45, 2.75) is 13.5 Å². The molecule has 150 valence electrons. The van der Waals surface area contributed by atoms with Gasteiger partial charge in [-0.25, -0.2) is 0 Å². The molecule has 29 heavy (non-hydrogen) atoms. The Morgan fingerprint density at radius 1 is 1.03 bits per heavy atom. The number of hydrogen-bond donors (Lipinski definition) is 2. The van der Waals surface area contributed by atoms with Crippen molar-refractivity contribution in [3.8, 4) is 5.75 Å². The molecule has 0 saturated heterocycles. The number of nitrogens with one attached hydrogen (secondary N) is 2. The number of benzene rings is 2. The van der Waals surface area contributed by atoms with Crippen LogP contribution in [0, 0.1) is 6.92 Å². The Balaban J connectivity index is 1.49. The van der Waals surface area contributed by atoms with Gasteiger partial charge in [0.1, 0.15) is 18.1 Å². The van der Waals surface area contributed by atoms with Gasteiger partial charge in [0.15, 0.2) is 5.76 Å². The summed E-state index contributed by atoms with van der Waals surface area (Å²) in [7, 11) is 0. The van der Waals surface area contributed by atoms with Crippen molar-refractivity contribution in [3.63, 3.8) is 0 Å². The Labute approximate surface area is 177 Å². The highest BCUT2D eigenvalue weighted by Crippen LogP contribution is 2.22. The maximum Gasteiger partial charge on any atom is 0.287 e. The van der Waals surface area contributed by atoms with Crippen LogP contribution in [0.25, 0.3) is 0 Å². The van der Waals surface area contributed by atoms with Gasteiger partial charge in [-0.3, -0.25) is 9.59 Å². The van der Waals surface area contributed by atoms with Crippen LogP contribution in [0.4, 0.5) is 5.69 Å². The predicted molar refractivity (Wildman–Crippen MR) is 112 cm³/mol. The van der Waals surface area contributed by atoms with Crippen LogP contribution in [0.5, 0.6) is 5.75 Å². The Kier molecular flexibility index (Phi) is 6.80. The molecule has 0 spiro atoms. The minimum Gasteiger partial charge on any atom is -0.486 e. The second-order valence-electron chi connectivity index (χ2n) is 6.15. The molecule has 8 heteroatoms. The molecule has 3 aromatic rings. The van der Waals surface area contributed by atoms with Crippen molar-refractivity contribution in [2.24, 2.45) is 0 Å². The molecule has 0 fully saturated rings. The lowest BCUT2D eigenvalue weighted by molar-refractivity contribution is -0.115. The number of halogens is 2. The summed E-state index contributed by atoms with van der Waals surface area (Å²) in [6.45, 7) is 1.75. The van der Waals surface area contributed by atoms with Crippen molar-refractivity contribution in [2.75, 3.05) is 11.9 Å². The maximum atomic E-state index is 12.2. The van der Waals surface area contributed by atoms with E-state index in [2.05, 4.69) is 10.6 Å². The quantitative estimate of drug-likeness (QED) is 0.559. The number of hydrogen-bond acceptors (Lipinski definition) is 4. The number of anilines is 1. The lowest BCUT2D eigenvalue weighted by atomic mass is 10.2. The molecule has 3 rings (SSSR count). The summed E-state index contributed by atoms with van der Waals surface area (Å²) in [5.41, 5.74) is 1.35. The van der Waals surface area contributed by atoms with Crippen molar-refractivity contribution in [3.05, 3.63) is 81.7 Å². The zero-order valence-corrected chi connectivity index (χ0v) is 17.0. The monoisotopic (exact) mass is 432 g/mol. The predicted octanol–water partition coefficient (Wildman–Crippen LogP) is 4.84. The van der Waals surface area contributed by atoms with E-state index in [1.54, 1.807) is 55.5 Å². The van der Waals surface area contributed by atoms with Gasteiger partial charge < -0.3 is 19.8 Å². The fraction of sp³-hybridized carbons (Fsp3) is 0.143. The third-order valence-corrected chi connectivity index (χ3v) is 4.69. The standard InChI is InChI=1S/C21H18Cl2N2O4/c1-13-17(23)3-2-4-18(13)25-20(26)11-24-21(27)19-10-9-16(29-19)12-28-15-7-5-14(22)6-8-15/h2-10H,11-12H2,1H3,(H,24,27)(H,25,26). The Morgan fingerprint density at radius 3 is 2.55 bits per heavy atom. The van der Waals surface area contributed by atoms with E-state index >= 15 is 0 Å². The molecule has 0 radical (unpaired) electrons. The fourth-order valence-corrected chi connectivity index (χ4v) is 2.75. The van der Waals surface area contributed by atoms with Crippen LogP contribution in [0.2, 0.25) is 10.0 Å². The van der Waals surface area contributed by atoms with E-state index in [4.69, 9.17) is 32.4 Å². The van der Waals surface area contributed by atoms with Crippen LogP contribution >= 0.6 is 23.2 Å². The molecule has 0 aliphatic heterocycles. The van der Waals surface area contributed by atoms with Gasteiger partial charge in [0.05, 0.1) is 6.54 Å². The van der Waals surface area contributed by atoms with Gasteiger partial charge in [-0.05, 0) is 61.0 Å². The number of furan rings is 1. The first kappa shape index (κ1) is 20.8. The molecule has 0 bridgehead atoms. The van der Waals surface area contributed by atoms with Gasteiger partial charge in [0.2, 0.25) is 5.91 Å². The topological polar surface area (TPSA) is 80.6 Å². The van der Waals surface area contributed by atoms with Gasteiger partial charge in [-0.15, -0.1) is 0 Å². The molecule has 0 unspecified atom stereocenters. The lowest BCUT2D eigenvalue weighted by Gasteiger charge is -2.09. The normalized spacial score (nSPS) is 10.4. The van der Waals surface area contributed by atoms with Crippen LogP contribution in [-0.2, 0) is 11.4 Å². The summed E-state index contributed by atoms with van der Waals surface area (Å²) in [6, 6.07) is 15.3. The Bertz CT molecular complexity index is 1020. The van der Waals surface area contributed by atoms with E-state index in [0.717, 1.165) is 5.56 Å². The molecule has 2 amide bonds. The highest BCUT2D eigenvalue weighted by atomic mass is 35.5. The molecule has 1 aromatic heterocycles. The van der Waals surface area contributed by atoms with E-state index in [1.165, 1.54) is 6.07 Å². The van der Waals surface area contributed by atoms with Crippen LogP contribution in [0.15, 0.2) is 59.0 Å². The summed E-state index contributed by atoms with van der Waals surface area (Å²) < 4.78 is 11.0. The largest absolute Gasteiger partial charge is 0.486 e. The summed E-state index contributed by atoms with van der Waals surface area (Å²) in [4.78, 5) is 24.3. The Morgan fingerprint density at radius 2 is 1.79 bits per heavy atom. The third kappa shape index (κ3) is 5.76. The van der Waals surface area contributed by atoms with Crippen molar-refractivity contribution in [1.29, 1.82) is 0 Å². The number of carbonyl (C=O) groups excluding carboxylic acids is 2. The molecule has 0 saturated carbocycles. The molecule has 2 aromatic carbocycles. The highest BCUT2D eigenvalue weighted by Gasteiger charge is 2.14. The van der Waals surface area contributed by atoms with Crippen molar-refractivity contribution in [1.82, 2.24) is 5.32 Å². The van der Waals surface area contributed by atoms with Gasteiger partial charge in [0.25, 0.3) is 5.91 Å². The van der Waals surface area contributed by atoms with Crippen LogP contribution in [0.1, 0.15) is 21.9 Å². The SMILES string of the molecule is Cc1c(Cl)cccc1NC(=O)CNC(=O)c1ccc(COc2ccc(Cl)cc2)o1. The summed E-state index contributed by atoms with van der Waals surface area (Å²) in [5, 5.41) is 6.39. The van der Waals surface area contributed by atoms with Gasteiger partial charge in [0, 0.05) is 15.7 Å².